The number of nitrogens with two attached hydrogens (primary N) is 1. The summed E-state index contributed by atoms with van der Waals surface area (Å²) in [4.78, 5) is 12.5. The van der Waals surface area contributed by atoms with Gasteiger partial charge in [-0.3, -0.25) is 4.79 Å². The second-order valence-corrected chi connectivity index (χ2v) is 10.3. The van der Waals surface area contributed by atoms with Gasteiger partial charge in [0.05, 0.1) is 0 Å². The lowest BCUT2D eigenvalue weighted by Crippen LogP contribution is -2.35. The molecule has 0 aliphatic rings. The second-order valence-electron chi connectivity index (χ2n) is 10.3. The maximum absolute atomic E-state index is 12.5. The third-order valence-corrected chi connectivity index (χ3v) is 7.01. The first-order valence-corrected chi connectivity index (χ1v) is 13.7. The van der Waals surface area contributed by atoms with E-state index in [9.17, 15) is 4.79 Å². The minimum Gasteiger partial charge on any atom is -0.352 e. The normalized spacial score (nSPS) is 13.0. The molecule has 188 valence electrons. The molecule has 0 bridgehead atoms. The number of fused-ring (bicyclic) bond motifs is 1. The number of carbonyl (C=O) groups is 1. The zero-order valence-corrected chi connectivity index (χ0v) is 21.8. The Bertz CT molecular complexity index is 1030. The van der Waals surface area contributed by atoms with E-state index in [2.05, 4.69) is 61.6 Å². The maximum Gasteiger partial charge on any atom is 0.251 e. The molecule has 0 spiro atoms. The van der Waals surface area contributed by atoms with Crippen molar-refractivity contribution in [3.8, 4) is 0 Å². The second kappa shape index (κ2) is 14.0. The van der Waals surface area contributed by atoms with Crippen LogP contribution in [0.5, 0.6) is 0 Å². The molecule has 3 aromatic carbocycles. The number of unbranched alkanes of at least 4 members (excludes halogenated alkanes) is 9. The van der Waals surface area contributed by atoms with Gasteiger partial charge in [-0.15, -0.1) is 0 Å². The van der Waals surface area contributed by atoms with E-state index >= 15 is 0 Å². The summed E-state index contributed by atoms with van der Waals surface area (Å²) < 4.78 is 0. The van der Waals surface area contributed by atoms with Crippen molar-refractivity contribution >= 4 is 16.7 Å². The van der Waals surface area contributed by atoms with Crippen molar-refractivity contribution in [3.05, 3.63) is 83.4 Å². The Hall–Kier alpha value is -2.65. The number of nitrogens with one attached hydrogen (secondary N) is 1. The van der Waals surface area contributed by atoms with Crippen LogP contribution in [0.1, 0.15) is 99.5 Å². The van der Waals surface area contributed by atoms with E-state index in [-0.39, 0.29) is 5.91 Å². The lowest BCUT2D eigenvalue weighted by molar-refractivity contribution is 0.0953. The average Bonchev–Trinajstić information content (AvgIpc) is 2.87. The Morgan fingerprint density at radius 1 is 0.771 bits per heavy atom. The van der Waals surface area contributed by atoms with Crippen LogP contribution in [0.25, 0.3) is 10.8 Å². The topological polar surface area (TPSA) is 55.1 Å². The van der Waals surface area contributed by atoms with Crippen molar-refractivity contribution in [1.82, 2.24) is 5.32 Å². The van der Waals surface area contributed by atoms with E-state index < -0.39 is 5.54 Å². The molecule has 0 heterocycles. The Kier molecular flexibility index (Phi) is 10.8. The van der Waals surface area contributed by atoms with Gasteiger partial charge in [-0.05, 0) is 53.8 Å². The van der Waals surface area contributed by atoms with Crippen LogP contribution in [-0.2, 0) is 12.0 Å². The molecular weight excluding hydrogens is 428 g/mol. The van der Waals surface area contributed by atoms with Gasteiger partial charge in [-0.25, -0.2) is 0 Å². The Labute approximate surface area is 212 Å². The minimum atomic E-state index is -0.500. The highest BCUT2D eigenvalue weighted by atomic mass is 16.1. The number of rotatable bonds is 15. The number of hydrogen-bond donors (Lipinski definition) is 2. The quantitative estimate of drug-likeness (QED) is 0.221. The lowest BCUT2D eigenvalue weighted by Gasteiger charge is -2.27. The van der Waals surface area contributed by atoms with Crippen LogP contribution in [-0.4, -0.2) is 12.5 Å². The molecule has 3 N–H and O–H groups in total. The van der Waals surface area contributed by atoms with Gasteiger partial charge in [0.15, 0.2) is 0 Å². The molecule has 1 atom stereocenters. The summed E-state index contributed by atoms with van der Waals surface area (Å²) in [5, 5.41) is 5.48. The molecule has 0 aliphatic carbocycles. The van der Waals surface area contributed by atoms with E-state index in [4.69, 9.17) is 5.73 Å². The summed E-state index contributed by atoms with van der Waals surface area (Å²) in [6, 6.07) is 22.6. The molecule has 0 fully saturated rings. The summed E-state index contributed by atoms with van der Waals surface area (Å²) >= 11 is 0. The summed E-state index contributed by atoms with van der Waals surface area (Å²) in [5.41, 5.74) is 9.30. The van der Waals surface area contributed by atoms with Crippen molar-refractivity contribution in [1.29, 1.82) is 0 Å². The fourth-order valence-corrected chi connectivity index (χ4v) is 4.93. The molecule has 0 saturated carbocycles. The summed E-state index contributed by atoms with van der Waals surface area (Å²) in [6.45, 7) is 5.10. The molecular formula is C32H44N2O. The molecule has 3 nitrogen and oxygen atoms in total. The number of benzene rings is 3. The largest absolute Gasteiger partial charge is 0.352 e. The smallest absolute Gasteiger partial charge is 0.251 e. The van der Waals surface area contributed by atoms with Gasteiger partial charge in [0.2, 0.25) is 0 Å². The highest BCUT2D eigenvalue weighted by Gasteiger charge is 2.24. The van der Waals surface area contributed by atoms with Gasteiger partial charge in [0.1, 0.15) is 0 Å². The molecule has 1 unspecified atom stereocenters. The molecule has 1 amide bonds. The summed E-state index contributed by atoms with van der Waals surface area (Å²) in [7, 11) is 0. The van der Waals surface area contributed by atoms with Gasteiger partial charge in [0, 0.05) is 17.6 Å². The molecule has 3 aromatic rings. The molecule has 0 aliphatic heterocycles. The zero-order valence-electron chi connectivity index (χ0n) is 21.8. The van der Waals surface area contributed by atoms with Gasteiger partial charge in [0.25, 0.3) is 5.91 Å². The lowest BCUT2D eigenvalue weighted by atomic mass is 9.83. The third kappa shape index (κ3) is 8.50. The van der Waals surface area contributed by atoms with E-state index in [1.165, 1.54) is 68.6 Å². The highest BCUT2D eigenvalue weighted by Crippen LogP contribution is 2.29. The molecule has 35 heavy (non-hydrogen) atoms. The van der Waals surface area contributed by atoms with Crippen LogP contribution in [0.15, 0.2) is 66.7 Å². The molecule has 3 rings (SSSR count). The first kappa shape index (κ1) is 26.9. The van der Waals surface area contributed by atoms with Gasteiger partial charge >= 0.3 is 0 Å². The fourth-order valence-electron chi connectivity index (χ4n) is 4.93. The Morgan fingerprint density at radius 2 is 1.37 bits per heavy atom. The molecule has 0 saturated heterocycles. The Balaban J connectivity index is 1.40. The number of amides is 1. The fraction of sp³-hybridized carbons (Fsp3) is 0.469. The standard InChI is InChI=1S/C32H44N2O/c1-3-4-5-6-7-8-9-10-11-14-24-34-31(35)28-22-20-26(21-23-28)25-32(2,33)30-19-15-17-27-16-12-13-18-29(27)30/h12-13,15-23H,3-11,14,24-25,33H2,1-2H3,(H,34,35). The minimum absolute atomic E-state index is 0.0111. The van der Waals surface area contributed by atoms with Crippen LogP contribution in [0, 0.1) is 0 Å². The SMILES string of the molecule is CCCCCCCCCCCCNC(=O)c1ccc(CC(C)(N)c2cccc3ccccc23)cc1. The van der Waals surface area contributed by atoms with Crippen LogP contribution < -0.4 is 11.1 Å². The van der Waals surface area contributed by atoms with Crippen LogP contribution in [0.2, 0.25) is 0 Å². The predicted molar refractivity (Wildman–Crippen MR) is 150 cm³/mol. The highest BCUT2D eigenvalue weighted by molar-refractivity contribution is 5.94. The van der Waals surface area contributed by atoms with Crippen molar-refractivity contribution in [2.45, 2.75) is 90.0 Å². The van der Waals surface area contributed by atoms with E-state index in [1.54, 1.807) is 0 Å². The first-order chi connectivity index (χ1) is 17.0. The number of hydrogen-bond acceptors (Lipinski definition) is 2. The monoisotopic (exact) mass is 472 g/mol. The van der Waals surface area contributed by atoms with Crippen molar-refractivity contribution in [3.63, 3.8) is 0 Å². The Morgan fingerprint density at radius 3 is 2.06 bits per heavy atom. The van der Waals surface area contributed by atoms with E-state index in [0.717, 1.165) is 24.1 Å². The predicted octanol–water partition coefficient (Wildman–Crippen LogP) is 7.91. The number of carbonyl (C=O) groups excluding carboxylic acids is 1. The van der Waals surface area contributed by atoms with E-state index in [1.807, 2.05) is 24.3 Å². The van der Waals surface area contributed by atoms with Crippen LogP contribution in [0.3, 0.4) is 0 Å². The van der Waals surface area contributed by atoms with E-state index in [0.29, 0.717) is 12.0 Å². The first-order valence-electron chi connectivity index (χ1n) is 13.7. The zero-order chi connectivity index (χ0) is 24.9. The van der Waals surface area contributed by atoms with Crippen molar-refractivity contribution in [2.24, 2.45) is 5.73 Å². The summed E-state index contributed by atoms with van der Waals surface area (Å²) in [5.74, 6) is 0.0111. The van der Waals surface area contributed by atoms with Crippen LogP contribution in [0.4, 0.5) is 0 Å². The molecule has 0 aromatic heterocycles. The van der Waals surface area contributed by atoms with Gasteiger partial charge < -0.3 is 11.1 Å². The molecule has 3 heteroatoms. The molecule has 0 radical (unpaired) electrons. The summed E-state index contributed by atoms with van der Waals surface area (Å²) in [6.07, 6.45) is 13.7. The van der Waals surface area contributed by atoms with Crippen molar-refractivity contribution in [2.75, 3.05) is 6.54 Å². The third-order valence-electron chi connectivity index (χ3n) is 7.01. The maximum atomic E-state index is 12.5. The van der Waals surface area contributed by atoms with Gasteiger partial charge in [-0.1, -0.05) is 119 Å². The van der Waals surface area contributed by atoms with Crippen molar-refractivity contribution < 1.29 is 4.79 Å². The van der Waals surface area contributed by atoms with Crippen LogP contribution >= 0.6 is 0 Å². The van der Waals surface area contributed by atoms with Gasteiger partial charge in [-0.2, -0.15) is 0 Å². The average molecular weight is 473 g/mol.